The molecule has 0 spiro atoms. The maximum atomic E-state index is 14.5. The molecule has 7 atom stereocenters. The molecule has 3 aliphatic rings. The van der Waals surface area contributed by atoms with E-state index in [1.54, 1.807) is 32.0 Å². The van der Waals surface area contributed by atoms with Gasteiger partial charge in [0.05, 0.1) is 22.1 Å². The molecule has 3 aromatic rings. The van der Waals surface area contributed by atoms with E-state index in [-0.39, 0.29) is 123 Å². The SMILES string of the molecule is CC[C@H](C)[C@H](NC(=O)[C@H](Cc1ccc(O)cc1)NC(=O)[C@@H]1CCCN1C(=O)[C@H](CCCN=C(N)N)NC(=O)[C@@H](N)CCCN=C(N)NC(=O)NCCCCNC(=O)CCCCCN1C(=CC=CC=CC2=[N+](CCCCS(=O)(=O)O)c3ccccc3C2(C)C)C(C)(C)c2cc(S(=O)(=O)O)ccc21)C(=O)N[C@@H](CC(C)C)C(=O)O. The second kappa shape index (κ2) is 42.8. The van der Waals surface area contributed by atoms with Crippen LogP contribution < -0.4 is 65.1 Å². The zero-order chi connectivity index (χ0) is 82.7. The molecule has 19 N–H and O–H groups in total. The van der Waals surface area contributed by atoms with Crippen molar-refractivity contribution >= 4 is 96.7 Å². The molecule has 0 aromatic heterocycles. The quantitative estimate of drug-likeness (QED) is 0.00878. The van der Waals surface area contributed by atoms with Gasteiger partial charge in [-0.05, 0) is 150 Å². The molecule has 0 bridgehead atoms. The van der Waals surface area contributed by atoms with Gasteiger partial charge >= 0.3 is 12.0 Å². The van der Waals surface area contributed by atoms with Crippen molar-refractivity contribution in [2.75, 3.05) is 56.5 Å². The number of carboxylic acids is 1. The van der Waals surface area contributed by atoms with Crippen molar-refractivity contribution in [2.24, 2.45) is 44.8 Å². The summed E-state index contributed by atoms with van der Waals surface area (Å²) in [6.45, 7) is 17.5. The Hall–Kier alpha value is -9.77. The van der Waals surface area contributed by atoms with Crippen LogP contribution in [0.1, 0.15) is 175 Å². The first-order valence-corrected chi connectivity index (χ1v) is 41.5. The van der Waals surface area contributed by atoms with E-state index in [1.165, 1.54) is 29.2 Å². The first-order chi connectivity index (χ1) is 52.8. The van der Waals surface area contributed by atoms with Crippen LogP contribution in [-0.4, -0.2) is 199 Å². The Balaban J connectivity index is 0.938. The fourth-order valence-corrected chi connectivity index (χ4v) is 15.1. The van der Waals surface area contributed by atoms with Gasteiger partial charge in [0, 0.05) is 93.0 Å². The molecule has 3 aromatic carbocycles. The van der Waals surface area contributed by atoms with E-state index in [4.69, 9.17) is 22.9 Å². The number of carbonyl (C=O) groups is 8. The number of rotatable bonds is 44. The molecule has 6 rings (SSSR count). The molecular formula is C78H117N16O16S2+. The van der Waals surface area contributed by atoms with E-state index in [9.17, 15) is 74.5 Å². The first-order valence-electron chi connectivity index (χ1n) is 38.4. The molecule has 34 heteroatoms. The number of allylic oxidation sites excluding steroid dienone is 6. The van der Waals surface area contributed by atoms with Gasteiger partial charge in [0.25, 0.3) is 20.2 Å². The standard InChI is InChI=1S/C78H116N16O16S2/c1-9-51(4)67(71(100)89-60(73(102)103)47-50(2)3)90-69(98)59(48-52-33-35-53(95)36-34-52)88-70(99)63-29-24-45-94(63)72(101)58(27-23-41-84-74(80)81)87-68(97)57(79)26-22-42-85-75(82)91-76(104)86-40-18-17-39-83-66(96)32-14-11-19-43-93-62-38-37-54(112(108,109)110)49-56(62)78(7,8)65(93)31-13-10-12-30-64-77(5,6)55-25-15-16-28-61(55)92(64)44-20-21-46-111(105,106)107/h10,12-13,15-16,25,28,30-31,33-38,49-51,57-60,63,67H,9,11,14,17-24,26-27,29,32,39-48,79H2,1-8H3,(H16-,80,81,82,83,84,85,86,87,88,89,90,91,95,96,97,98,99,100,102,103,104,105,106,107,108,109,110)/p+1/t51-,57-,58-,59-,60-,63-,67-/m0/s1. The number of benzene rings is 3. The third kappa shape index (κ3) is 27.6. The van der Waals surface area contributed by atoms with Crippen molar-refractivity contribution in [3.63, 3.8) is 0 Å². The number of aliphatic imine (C=N–C) groups is 2. The highest BCUT2D eigenvalue weighted by atomic mass is 32.2. The van der Waals surface area contributed by atoms with Gasteiger partial charge in [-0.15, -0.1) is 0 Å². The molecule has 112 heavy (non-hydrogen) atoms. The van der Waals surface area contributed by atoms with Crippen LogP contribution in [-0.2, 0) is 71.0 Å². The molecule has 1 fully saturated rings. The van der Waals surface area contributed by atoms with Gasteiger partial charge in [-0.2, -0.15) is 21.4 Å². The number of nitrogens with one attached hydrogen (secondary N) is 7. The van der Waals surface area contributed by atoms with Crippen molar-refractivity contribution in [2.45, 2.75) is 217 Å². The lowest BCUT2D eigenvalue weighted by atomic mass is 9.81. The maximum Gasteiger partial charge on any atom is 0.326 e. The van der Waals surface area contributed by atoms with Crippen LogP contribution >= 0.6 is 0 Å². The van der Waals surface area contributed by atoms with E-state index in [0.717, 1.165) is 33.9 Å². The minimum atomic E-state index is -4.49. The van der Waals surface area contributed by atoms with Gasteiger partial charge < -0.3 is 74.8 Å². The van der Waals surface area contributed by atoms with E-state index in [1.807, 2.05) is 76.3 Å². The second-order valence-electron chi connectivity index (χ2n) is 30.2. The number of hydrogen-bond donors (Lipinski definition) is 15. The molecular weight excluding hydrogens is 1480 g/mol. The minimum Gasteiger partial charge on any atom is -0.508 e. The average Bonchev–Trinajstić information content (AvgIpc) is 1.59. The van der Waals surface area contributed by atoms with Crippen molar-refractivity contribution in [1.29, 1.82) is 0 Å². The predicted molar refractivity (Wildman–Crippen MR) is 430 cm³/mol. The number of carboxylic acid groups (broad SMARTS) is 1. The van der Waals surface area contributed by atoms with Crippen LogP contribution in [0.3, 0.4) is 0 Å². The number of nitrogens with zero attached hydrogens (tertiary/aromatic N) is 5. The maximum absolute atomic E-state index is 14.5. The number of carbonyl (C=O) groups excluding carboxylic acids is 7. The third-order valence-corrected chi connectivity index (χ3v) is 21.9. The van der Waals surface area contributed by atoms with Crippen LogP contribution in [0.15, 0.2) is 118 Å². The summed E-state index contributed by atoms with van der Waals surface area (Å²) in [5, 5.41) is 38.8. The van der Waals surface area contributed by atoms with E-state index in [2.05, 4.69) is 76.6 Å². The minimum absolute atomic E-state index is 0.0412. The van der Waals surface area contributed by atoms with Crippen LogP contribution in [0.5, 0.6) is 5.75 Å². The first kappa shape index (κ1) is 91.1. The molecule has 0 saturated carbocycles. The van der Waals surface area contributed by atoms with Crippen LogP contribution in [0, 0.1) is 11.8 Å². The Bertz CT molecular complexity index is 4210. The number of amides is 8. The molecule has 8 amide bonds. The van der Waals surface area contributed by atoms with E-state index >= 15 is 0 Å². The zero-order valence-electron chi connectivity index (χ0n) is 65.6. The molecule has 616 valence electrons. The van der Waals surface area contributed by atoms with Gasteiger partial charge in [-0.3, -0.25) is 53.2 Å². The lowest BCUT2D eigenvalue weighted by Gasteiger charge is -2.31. The monoisotopic (exact) mass is 1600 g/mol. The molecule has 0 unspecified atom stereocenters. The number of anilines is 1. The summed E-state index contributed by atoms with van der Waals surface area (Å²) in [5.41, 5.74) is 28.6. The van der Waals surface area contributed by atoms with Crippen molar-refractivity contribution < 1.29 is 79.1 Å². The van der Waals surface area contributed by atoms with Gasteiger partial charge in [-0.1, -0.05) is 103 Å². The van der Waals surface area contributed by atoms with Crippen LogP contribution in [0.25, 0.3) is 0 Å². The number of aromatic hydroxyl groups is 1. The lowest BCUT2D eigenvalue weighted by Crippen LogP contribution is -2.60. The van der Waals surface area contributed by atoms with Gasteiger partial charge in [0.2, 0.25) is 41.1 Å². The second-order valence-corrected chi connectivity index (χ2v) is 33.2. The summed E-state index contributed by atoms with van der Waals surface area (Å²) in [4.78, 5) is 120. The summed E-state index contributed by atoms with van der Waals surface area (Å²) in [5.74, 6) is -6.06. The normalized spacial score (nSPS) is 17.3. The van der Waals surface area contributed by atoms with Gasteiger partial charge in [0.1, 0.15) is 42.5 Å². The third-order valence-electron chi connectivity index (χ3n) is 20.3. The molecule has 0 radical (unpaired) electrons. The van der Waals surface area contributed by atoms with Gasteiger partial charge in [-0.25, -0.2) is 9.59 Å². The smallest absolute Gasteiger partial charge is 0.326 e. The summed E-state index contributed by atoms with van der Waals surface area (Å²) < 4.78 is 68.9. The van der Waals surface area contributed by atoms with Crippen molar-refractivity contribution in [3.05, 3.63) is 119 Å². The topological polar surface area (TPSA) is 508 Å². The van der Waals surface area contributed by atoms with Crippen molar-refractivity contribution in [1.82, 2.24) is 42.1 Å². The van der Waals surface area contributed by atoms with Crippen molar-refractivity contribution in [3.8, 4) is 5.75 Å². The lowest BCUT2D eigenvalue weighted by molar-refractivity contribution is -0.438. The van der Waals surface area contributed by atoms with E-state index < -0.39 is 109 Å². The number of hydrogen-bond acceptors (Lipinski definition) is 17. The number of para-hydroxylation sites is 1. The van der Waals surface area contributed by atoms with Gasteiger partial charge in [0.15, 0.2) is 17.6 Å². The highest BCUT2D eigenvalue weighted by molar-refractivity contribution is 7.86. The molecule has 3 aliphatic heterocycles. The number of guanidine groups is 2. The summed E-state index contributed by atoms with van der Waals surface area (Å²) in [7, 11) is -8.56. The molecule has 3 heterocycles. The molecule has 0 aliphatic carbocycles. The Morgan fingerprint density at radius 2 is 1.39 bits per heavy atom. The molecule has 32 nitrogen and oxygen atoms in total. The van der Waals surface area contributed by atoms with Crippen LogP contribution in [0.2, 0.25) is 0 Å². The number of fused-ring (bicyclic) bond motifs is 2. The van der Waals surface area contributed by atoms with E-state index in [0.29, 0.717) is 83.0 Å². The number of unbranched alkanes of at least 4 members (excludes halogenated alkanes) is 4. The number of phenolic OH excluding ortho intramolecular Hbond substituents is 1. The Kier molecular flexibility index (Phi) is 34.8. The number of likely N-dealkylation sites (tertiary alicyclic amines) is 1. The fraction of sp³-hybridized carbons (Fsp3) is 0.551. The number of urea groups is 1. The highest BCUT2D eigenvalue weighted by Gasteiger charge is 2.45. The summed E-state index contributed by atoms with van der Waals surface area (Å²) >= 11 is 0. The Labute approximate surface area is 657 Å². The summed E-state index contributed by atoms with van der Waals surface area (Å²) in [6.07, 6.45) is 15.7. The highest BCUT2D eigenvalue weighted by Crippen LogP contribution is 2.49. The Morgan fingerprint density at radius 3 is 2.06 bits per heavy atom. The largest absolute Gasteiger partial charge is 0.508 e. The summed E-state index contributed by atoms with van der Waals surface area (Å²) in [6, 6.07) is 10.9. The number of nitrogens with two attached hydrogens (primary N) is 4. The average molecular weight is 1600 g/mol. The zero-order valence-corrected chi connectivity index (χ0v) is 67.2. The molecule has 1 saturated heterocycles. The fourth-order valence-electron chi connectivity index (χ4n) is 14.0. The van der Waals surface area contributed by atoms with Crippen LogP contribution in [0.4, 0.5) is 16.2 Å². The Morgan fingerprint density at radius 1 is 0.714 bits per heavy atom. The number of aliphatic carboxylic acids is 1. The predicted octanol–water partition coefficient (Wildman–Crippen LogP) is 5.06. The number of phenols is 1.